The molecule has 1 aliphatic carbocycles. The molecule has 0 bridgehead atoms. The van der Waals surface area contributed by atoms with E-state index in [1.54, 1.807) is 0 Å². The quantitative estimate of drug-likeness (QED) is 0.863. The summed E-state index contributed by atoms with van der Waals surface area (Å²) in [6, 6.07) is 10.2. The van der Waals surface area contributed by atoms with Crippen LogP contribution in [-0.4, -0.2) is 10.6 Å². The van der Waals surface area contributed by atoms with Crippen LogP contribution in [0, 0.1) is 6.92 Å². The Labute approximate surface area is 109 Å². The van der Waals surface area contributed by atoms with Crippen molar-refractivity contribution in [3.63, 3.8) is 0 Å². The normalized spacial score (nSPS) is 15.8. The maximum absolute atomic E-state index is 3.63. The van der Waals surface area contributed by atoms with Crippen LogP contribution in [0.4, 0.5) is 0 Å². The summed E-state index contributed by atoms with van der Waals surface area (Å²) in [5.41, 5.74) is 4.19. The number of aryl methyl sites for hydroxylation is 1. The van der Waals surface area contributed by atoms with Gasteiger partial charge in [0.1, 0.15) is 0 Å². The molecule has 1 N–H and O–H groups in total. The van der Waals surface area contributed by atoms with E-state index in [0.717, 1.165) is 12.6 Å². The standard InChI is InChI=1S/C16H22N2/c1-11(2)18-15(10-17-14-7-8-14)9-13-6-4-5-12(3)16(13)18/h4-6,9,11,14,17H,7-8,10H2,1-3H3. The Morgan fingerprint density at radius 1 is 1.33 bits per heavy atom. The summed E-state index contributed by atoms with van der Waals surface area (Å²) in [5, 5.41) is 5.00. The van der Waals surface area contributed by atoms with Crippen LogP contribution in [0.25, 0.3) is 10.9 Å². The minimum Gasteiger partial charge on any atom is -0.341 e. The lowest BCUT2D eigenvalue weighted by atomic mass is 10.1. The minimum atomic E-state index is 0.514. The zero-order chi connectivity index (χ0) is 12.7. The van der Waals surface area contributed by atoms with Gasteiger partial charge in [-0.1, -0.05) is 18.2 Å². The van der Waals surface area contributed by atoms with Crippen LogP contribution >= 0.6 is 0 Å². The summed E-state index contributed by atoms with van der Waals surface area (Å²) in [6.07, 6.45) is 2.70. The third-order valence-corrected chi connectivity index (χ3v) is 3.81. The van der Waals surface area contributed by atoms with Crippen LogP contribution in [-0.2, 0) is 6.54 Å². The lowest BCUT2D eigenvalue weighted by Crippen LogP contribution is -2.18. The monoisotopic (exact) mass is 242 g/mol. The Balaban J connectivity index is 2.05. The number of benzene rings is 1. The fourth-order valence-electron chi connectivity index (χ4n) is 2.78. The molecule has 1 aromatic heterocycles. The van der Waals surface area contributed by atoms with Gasteiger partial charge < -0.3 is 9.88 Å². The molecule has 0 radical (unpaired) electrons. The summed E-state index contributed by atoms with van der Waals surface area (Å²) < 4.78 is 2.49. The van der Waals surface area contributed by atoms with Gasteiger partial charge in [-0.05, 0) is 45.2 Å². The van der Waals surface area contributed by atoms with Crippen LogP contribution in [0.2, 0.25) is 0 Å². The van der Waals surface area contributed by atoms with Gasteiger partial charge in [0.2, 0.25) is 0 Å². The first-order valence-electron chi connectivity index (χ1n) is 6.99. The summed E-state index contributed by atoms with van der Waals surface area (Å²) >= 11 is 0. The van der Waals surface area contributed by atoms with Crippen LogP contribution in [0.3, 0.4) is 0 Å². The van der Waals surface area contributed by atoms with Crippen LogP contribution in [0.5, 0.6) is 0 Å². The van der Waals surface area contributed by atoms with Crippen molar-refractivity contribution in [3.8, 4) is 0 Å². The molecule has 0 unspecified atom stereocenters. The molecular weight excluding hydrogens is 220 g/mol. The molecule has 2 nitrogen and oxygen atoms in total. The van der Waals surface area contributed by atoms with Crippen LogP contribution in [0.15, 0.2) is 24.3 Å². The van der Waals surface area contributed by atoms with Gasteiger partial charge in [0.05, 0.1) is 5.52 Å². The number of aromatic nitrogens is 1. The predicted molar refractivity (Wildman–Crippen MR) is 76.9 cm³/mol. The van der Waals surface area contributed by atoms with E-state index in [2.05, 4.69) is 54.9 Å². The first-order valence-corrected chi connectivity index (χ1v) is 6.99. The largest absolute Gasteiger partial charge is 0.341 e. The number of para-hydroxylation sites is 1. The van der Waals surface area contributed by atoms with Crippen LogP contribution < -0.4 is 5.32 Å². The summed E-state index contributed by atoms with van der Waals surface area (Å²) in [6.45, 7) is 7.75. The maximum atomic E-state index is 3.63. The Morgan fingerprint density at radius 2 is 2.11 bits per heavy atom. The van der Waals surface area contributed by atoms with Gasteiger partial charge in [-0.3, -0.25) is 0 Å². The molecule has 1 saturated carbocycles. The van der Waals surface area contributed by atoms with E-state index < -0.39 is 0 Å². The molecule has 1 aliphatic rings. The van der Waals surface area contributed by atoms with Gasteiger partial charge in [0, 0.05) is 29.7 Å². The number of rotatable bonds is 4. The van der Waals surface area contributed by atoms with Gasteiger partial charge in [-0.2, -0.15) is 0 Å². The second-order valence-electron chi connectivity index (χ2n) is 5.77. The molecule has 96 valence electrons. The second kappa shape index (κ2) is 4.43. The molecule has 1 fully saturated rings. The smallest absolute Gasteiger partial charge is 0.0515 e. The molecule has 0 aliphatic heterocycles. The second-order valence-corrected chi connectivity index (χ2v) is 5.77. The van der Waals surface area contributed by atoms with E-state index in [9.17, 15) is 0 Å². The van der Waals surface area contributed by atoms with Gasteiger partial charge >= 0.3 is 0 Å². The highest BCUT2D eigenvalue weighted by Gasteiger charge is 2.21. The third-order valence-electron chi connectivity index (χ3n) is 3.81. The molecule has 2 heteroatoms. The topological polar surface area (TPSA) is 17.0 Å². The van der Waals surface area contributed by atoms with Crippen molar-refractivity contribution < 1.29 is 0 Å². The lowest BCUT2D eigenvalue weighted by Gasteiger charge is -2.16. The Hall–Kier alpha value is -1.28. The molecular formula is C16H22N2. The Morgan fingerprint density at radius 3 is 2.78 bits per heavy atom. The molecule has 0 amide bonds. The molecule has 1 heterocycles. The molecule has 0 atom stereocenters. The number of nitrogens with zero attached hydrogens (tertiary/aromatic N) is 1. The highest BCUT2D eigenvalue weighted by molar-refractivity contribution is 5.84. The van der Waals surface area contributed by atoms with E-state index in [4.69, 9.17) is 0 Å². The minimum absolute atomic E-state index is 0.514. The van der Waals surface area contributed by atoms with Crippen LogP contribution in [0.1, 0.15) is 44.0 Å². The molecule has 0 saturated heterocycles. The SMILES string of the molecule is Cc1cccc2cc(CNC3CC3)n(C(C)C)c12. The van der Waals surface area contributed by atoms with E-state index in [1.165, 1.54) is 35.0 Å². The van der Waals surface area contributed by atoms with Gasteiger partial charge in [0.15, 0.2) is 0 Å². The Bertz CT molecular complexity index is 562. The molecule has 2 aromatic rings. The Kier molecular flexibility index (Phi) is 2.90. The number of nitrogens with one attached hydrogen (secondary N) is 1. The zero-order valence-corrected chi connectivity index (χ0v) is 11.5. The van der Waals surface area contributed by atoms with Crippen molar-refractivity contribution in [2.24, 2.45) is 0 Å². The first kappa shape index (κ1) is 11.8. The fraction of sp³-hybridized carbons (Fsp3) is 0.500. The van der Waals surface area contributed by atoms with Crippen molar-refractivity contribution in [2.45, 2.75) is 52.2 Å². The van der Waals surface area contributed by atoms with E-state index >= 15 is 0 Å². The fourth-order valence-corrected chi connectivity index (χ4v) is 2.78. The average Bonchev–Trinajstić information content (AvgIpc) is 3.06. The maximum Gasteiger partial charge on any atom is 0.0515 e. The zero-order valence-electron chi connectivity index (χ0n) is 11.5. The van der Waals surface area contributed by atoms with E-state index in [-0.39, 0.29) is 0 Å². The summed E-state index contributed by atoms with van der Waals surface area (Å²) in [7, 11) is 0. The van der Waals surface area contributed by atoms with Crippen molar-refractivity contribution in [1.29, 1.82) is 0 Å². The third kappa shape index (κ3) is 2.05. The molecule has 1 aromatic carbocycles. The predicted octanol–water partition coefficient (Wildman–Crippen LogP) is 3.78. The van der Waals surface area contributed by atoms with Gasteiger partial charge in [-0.15, -0.1) is 0 Å². The highest BCUT2D eigenvalue weighted by atomic mass is 15.1. The van der Waals surface area contributed by atoms with Crippen molar-refractivity contribution in [2.75, 3.05) is 0 Å². The highest BCUT2D eigenvalue weighted by Crippen LogP contribution is 2.27. The number of fused-ring (bicyclic) bond motifs is 1. The number of hydrogen-bond donors (Lipinski definition) is 1. The van der Waals surface area contributed by atoms with Gasteiger partial charge in [0.25, 0.3) is 0 Å². The van der Waals surface area contributed by atoms with Crippen molar-refractivity contribution in [3.05, 3.63) is 35.5 Å². The van der Waals surface area contributed by atoms with E-state index in [1.807, 2.05) is 0 Å². The van der Waals surface area contributed by atoms with Crippen molar-refractivity contribution in [1.82, 2.24) is 9.88 Å². The number of hydrogen-bond acceptors (Lipinski definition) is 1. The van der Waals surface area contributed by atoms with Gasteiger partial charge in [-0.25, -0.2) is 0 Å². The first-order chi connectivity index (χ1) is 8.66. The van der Waals surface area contributed by atoms with Crippen molar-refractivity contribution >= 4 is 10.9 Å². The van der Waals surface area contributed by atoms with E-state index in [0.29, 0.717) is 6.04 Å². The molecule has 3 rings (SSSR count). The summed E-state index contributed by atoms with van der Waals surface area (Å²) in [4.78, 5) is 0. The molecule has 0 spiro atoms. The molecule has 18 heavy (non-hydrogen) atoms. The summed E-state index contributed by atoms with van der Waals surface area (Å²) in [5.74, 6) is 0. The average molecular weight is 242 g/mol. The lowest BCUT2D eigenvalue weighted by molar-refractivity contribution is 0.564.